The van der Waals surface area contributed by atoms with Crippen molar-refractivity contribution in [1.29, 1.82) is 0 Å². The van der Waals surface area contributed by atoms with E-state index >= 15 is 0 Å². The third-order valence-electron chi connectivity index (χ3n) is 3.57. The van der Waals surface area contributed by atoms with E-state index in [1.165, 1.54) is 0 Å². The summed E-state index contributed by atoms with van der Waals surface area (Å²) in [6, 6.07) is 14.0. The van der Waals surface area contributed by atoms with E-state index in [9.17, 15) is 9.59 Å². The molecule has 1 N–H and O–H groups in total. The quantitative estimate of drug-likeness (QED) is 0.859. The molecule has 0 aliphatic carbocycles. The Balaban J connectivity index is 1.91. The molecule has 6 heteroatoms. The van der Waals surface area contributed by atoms with Crippen molar-refractivity contribution in [3.63, 3.8) is 0 Å². The molecule has 0 saturated heterocycles. The molecule has 0 saturated carbocycles. The van der Waals surface area contributed by atoms with Gasteiger partial charge in [-0.15, -0.1) is 0 Å². The number of benzene rings is 2. The molecule has 0 bridgehead atoms. The predicted molar refractivity (Wildman–Crippen MR) is 99.0 cm³/mol. The Morgan fingerprint density at radius 2 is 1.68 bits per heavy atom. The van der Waals surface area contributed by atoms with Gasteiger partial charge in [0.25, 0.3) is 5.91 Å². The normalized spacial score (nSPS) is 11.5. The van der Waals surface area contributed by atoms with Crippen molar-refractivity contribution in [2.24, 2.45) is 0 Å². The van der Waals surface area contributed by atoms with Crippen LogP contribution < -0.4 is 10.1 Å². The molecule has 2 rings (SSSR count). The Bertz CT molecular complexity index is 727. The second-order valence-electron chi connectivity index (χ2n) is 5.87. The highest BCUT2D eigenvalue weighted by Crippen LogP contribution is 2.17. The van der Waals surface area contributed by atoms with Gasteiger partial charge in [-0.05, 0) is 48.9 Å². The molecule has 0 aromatic heterocycles. The van der Waals surface area contributed by atoms with Gasteiger partial charge in [0, 0.05) is 24.8 Å². The lowest BCUT2D eigenvalue weighted by Crippen LogP contribution is -2.30. The number of amides is 2. The highest BCUT2D eigenvalue weighted by Gasteiger charge is 2.15. The fourth-order valence-corrected chi connectivity index (χ4v) is 2.18. The lowest BCUT2D eigenvalue weighted by Gasteiger charge is -2.15. The highest BCUT2D eigenvalue weighted by atomic mass is 35.5. The Morgan fingerprint density at radius 1 is 1.08 bits per heavy atom. The number of rotatable bonds is 6. The van der Waals surface area contributed by atoms with Crippen LogP contribution >= 0.6 is 11.6 Å². The monoisotopic (exact) mass is 360 g/mol. The maximum Gasteiger partial charge on any atom is 0.265 e. The topological polar surface area (TPSA) is 58.6 Å². The summed E-state index contributed by atoms with van der Waals surface area (Å²) in [7, 11) is 3.44. The number of carbonyl (C=O) groups is 2. The summed E-state index contributed by atoms with van der Waals surface area (Å²) < 4.78 is 5.59. The summed E-state index contributed by atoms with van der Waals surface area (Å²) in [5.41, 5.74) is 1.54. The Morgan fingerprint density at radius 3 is 2.24 bits per heavy atom. The number of hydrogen-bond donors (Lipinski definition) is 1. The summed E-state index contributed by atoms with van der Waals surface area (Å²) in [6.07, 6.45) is -0.326. The maximum absolute atomic E-state index is 12.2. The van der Waals surface area contributed by atoms with Gasteiger partial charge in [0.2, 0.25) is 5.91 Å². The minimum absolute atomic E-state index is 0.0294. The van der Waals surface area contributed by atoms with Crippen LogP contribution in [0.3, 0.4) is 0 Å². The van der Waals surface area contributed by atoms with Crippen LogP contribution in [-0.4, -0.2) is 36.9 Å². The number of hydrogen-bond acceptors (Lipinski definition) is 3. The van der Waals surface area contributed by atoms with E-state index in [1.54, 1.807) is 62.3 Å². The van der Waals surface area contributed by atoms with Crippen molar-refractivity contribution < 1.29 is 14.3 Å². The molecule has 1 unspecified atom stereocenters. The SMILES string of the molecule is CC(Oc1ccc(Cl)cc1)C(=O)Nc1ccc(CC(=O)N(C)C)cc1. The van der Waals surface area contributed by atoms with E-state index in [0.717, 1.165) is 5.56 Å². The third kappa shape index (κ3) is 5.80. The van der Waals surface area contributed by atoms with Crippen molar-refractivity contribution in [3.05, 3.63) is 59.1 Å². The Labute approximate surface area is 152 Å². The average Bonchev–Trinajstić information content (AvgIpc) is 2.58. The Hall–Kier alpha value is -2.53. The van der Waals surface area contributed by atoms with Crippen LogP contribution in [0.2, 0.25) is 5.02 Å². The minimum Gasteiger partial charge on any atom is -0.481 e. The number of carbonyl (C=O) groups excluding carboxylic acids is 2. The zero-order valence-electron chi connectivity index (χ0n) is 14.5. The first-order valence-corrected chi connectivity index (χ1v) is 8.25. The maximum atomic E-state index is 12.2. The van der Waals surface area contributed by atoms with Crippen LogP contribution in [0.4, 0.5) is 5.69 Å². The number of nitrogens with one attached hydrogen (secondary N) is 1. The summed E-state index contributed by atoms with van der Waals surface area (Å²) >= 11 is 5.82. The van der Waals surface area contributed by atoms with Crippen LogP contribution in [-0.2, 0) is 16.0 Å². The fourth-order valence-electron chi connectivity index (χ4n) is 2.05. The predicted octanol–water partition coefficient (Wildman–Crippen LogP) is 3.38. The van der Waals surface area contributed by atoms with Crippen molar-refractivity contribution >= 4 is 29.1 Å². The largest absolute Gasteiger partial charge is 0.481 e. The highest BCUT2D eigenvalue weighted by molar-refractivity contribution is 6.30. The first-order valence-electron chi connectivity index (χ1n) is 7.87. The van der Waals surface area contributed by atoms with Gasteiger partial charge in [-0.25, -0.2) is 0 Å². The van der Waals surface area contributed by atoms with Gasteiger partial charge in [-0.3, -0.25) is 9.59 Å². The van der Waals surface area contributed by atoms with Gasteiger partial charge in [-0.2, -0.15) is 0 Å². The van der Waals surface area contributed by atoms with Gasteiger partial charge in [-0.1, -0.05) is 23.7 Å². The van der Waals surface area contributed by atoms with E-state index in [-0.39, 0.29) is 11.8 Å². The summed E-state index contributed by atoms with van der Waals surface area (Å²) in [4.78, 5) is 25.5. The first kappa shape index (κ1) is 18.8. The molecule has 0 radical (unpaired) electrons. The molecule has 1 atom stereocenters. The van der Waals surface area contributed by atoms with Crippen LogP contribution in [0, 0.1) is 0 Å². The van der Waals surface area contributed by atoms with E-state index in [1.807, 2.05) is 12.1 Å². The van der Waals surface area contributed by atoms with Crippen molar-refractivity contribution in [2.45, 2.75) is 19.4 Å². The molecule has 0 aliphatic rings. The molecule has 0 aliphatic heterocycles. The van der Waals surface area contributed by atoms with Gasteiger partial charge in [0.05, 0.1) is 6.42 Å². The first-order chi connectivity index (χ1) is 11.8. The molecule has 0 heterocycles. The van der Waals surface area contributed by atoms with Crippen molar-refractivity contribution in [1.82, 2.24) is 4.90 Å². The number of halogens is 1. The van der Waals surface area contributed by atoms with Gasteiger partial charge in [0.15, 0.2) is 6.10 Å². The van der Waals surface area contributed by atoms with E-state index in [0.29, 0.717) is 22.9 Å². The zero-order valence-corrected chi connectivity index (χ0v) is 15.2. The third-order valence-corrected chi connectivity index (χ3v) is 3.82. The van der Waals surface area contributed by atoms with E-state index < -0.39 is 6.10 Å². The standard InChI is InChI=1S/C19H21ClN2O3/c1-13(25-17-10-6-15(20)7-11-17)19(24)21-16-8-4-14(5-9-16)12-18(23)22(2)3/h4-11,13H,12H2,1-3H3,(H,21,24). The summed E-state index contributed by atoms with van der Waals surface area (Å²) in [5.74, 6) is 0.346. The lowest BCUT2D eigenvalue weighted by atomic mass is 10.1. The second-order valence-corrected chi connectivity index (χ2v) is 6.30. The molecule has 5 nitrogen and oxygen atoms in total. The van der Waals surface area contributed by atoms with Gasteiger partial charge in [0.1, 0.15) is 5.75 Å². The van der Waals surface area contributed by atoms with Crippen molar-refractivity contribution in [3.8, 4) is 5.75 Å². The lowest BCUT2D eigenvalue weighted by molar-refractivity contribution is -0.128. The van der Waals surface area contributed by atoms with Gasteiger partial charge >= 0.3 is 0 Å². The number of nitrogens with zero attached hydrogens (tertiary/aromatic N) is 1. The van der Waals surface area contributed by atoms with Crippen LogP contribution in [0.15, 0.2) is 48.5 Å². The van der Waals surface area contributed by atoms with Crippen LogP contribution in [0.25, 0.3) is 0 Å². The zero-order chi connectivity index (χ0) is 18.4. The molecule has 25 heavy (non-hydrogen) atoms. The Kier molecular flexibility index (Phi) is 6.42. The molecule has 132 valence electrons. The van der Waals surface area contributed by atoms with Crippen LogP contribution in [0.5, 0.6) is 5.75 Å². The molecule has 2 aromatic carbocycles. The molecular weight excluding hydrogens is 340 g/mol. The second kappa shape index (κ2) is 8.53. The number of ether oxygens (including phenoxy) is 1. The molecular formula is C19H21ClN2O3. The molecule has 2 amide bonds. The summed E-state index contributed by atoms with van der Waals surface area (Å²) in [5, 5.41) is 3.40. The molecule has 2 aromatic rings. The molecule has 0 spiro atoms. The van der Waals surface area contributed by atoms with Crippen LogP contribution in [0.1, 0.15) is 12.5 Å². The van der Waals surface area contributed by atoms with E-state index in [4.69, 9.17) is 16.3 Å². The number of likely N-dealkylation sites (N-methyl/N-ethyl adjacent to an activating group) is 1. The minimum atomic E-state index is -0.656. The summed E-state index contributed by atoms with van der Waals surface area (Å²) in [6.45, 7) is 1.67. The number of anilines is 1. The van der Waals surface area contributed by atoms with E-state index in [2.05, 4.69) is 5.32 Å². The smallest absolute Gasteiger partial charge is 0.265 e. The average molecular weight is 361 g/mol. The molecule has 0 fully saturated rings. The fraction of sp³-hybridized carbons (Fsp3) is 0.263. The van der Waals surface area contributed by atoms with Crippen molar-refractivity contribution in [2.75, 3.05) is 19.4 Å². The van der Waals surface area contributed by atoms with Gasteiger partial charge < -0.3 is 15.0 Å².